The fourth-order valence-corrected chi connectivity index (χ4v) is 3.69. The van der Waals surface area contributed by atoms with E-state index in [0.29, 0.717) is 13.0 Å². The summed E-state index contributed by atoms with van der Waals surface area (Å²) in [4.78, 5) is 11.9. The molecule has 0 aliphatic carbocycles. The van der Waals surface area contributed by atoms with Crippen molar-refractivity contribution in [2.24, 2.45) is 0 Å². The molecule has 3 aromatic rings. The first-order chi connectivity index (χ1) is 12.6. The number of furan rings is 1. The van der Waals surface area contributed by atoms with Crippen LogP contribution >= 0.6 is 15.9 Å². The number of fused-ring (bicyclic) bond motifs is 1. The molecular weight excluding hydrogens is 392 g/mol. The van der Waals surface area contributed by atoms with Gasteiger partial charge < -0.3 is 9.15 Å². The zero-order valence-electron chi connectivity index (χ0n) is 15.2. The molecule has 3 rings (SSSR count). The third-order valence-corrected chi connectivity index (χ3v) is 5.05. The van der Waals surface area contributed by atoms with Gasteiger partial charge in [-0.15, -0.1) is 0 Å². The van der Waals surface area contributed by atoms with Gasteiger partial charge in [0.2, 0.25) is 0 Å². The van der Waals surface area contributed by atoms with Crippen LogP contribution in [0, 0.1) is 0 Å². The molecular formula is C22H23BrO3. The lowest BCUT2D eigenvalue weighted by Crippen LogP contribution is -2.09. The van der Waals surface area contributed by atoms with Gasteiger partial charge in [0.05, 0.1) is 13.0 Å². The summed E-state index contributed by atoms with van der Waals surface area (Å²) in [7, 11) is 0. The van der Waals surface area contributed by atoms with Crippen molar-refractivity contribution >= 4 is 32.9 Å². The first-order valence-corrected chi connectivity index (χ1v) is 9.83. The van der Waals surface area contributed by atoms with Crippen LogP contribution in [-0.4, -0.2) is 12.6 Å². The van der Waals surface area contributed by atoms with Gasteiger partial charge in [-0.25, -0.2) is 0 Å². The maximum Gasteiger partial charge on any atom is 0.310 e. The van der Waals surface area contributed by atoms with E-state index in [-0.39, 0.29) is 5.97 Å². The zero-order valence-corrected chi connectivity index (χ0v) is 16.8. The van der Waals surface area contributed by atoms with Crippen LogP contribution in [0.15, 0.2) is 51.4 Å². The number of aryl methyl sites for hydroxylation is 3. The molecule has 0 aliphatic heterocycles. The summed E-state index contributed by atoms with van der Waals surface area (Å²) in [5.41, 5.74) is 4.42. The fourth-order valence-electron chi connectivity index (χ4n) is 3.33. The lowest BCUT2D eigenvalue weighted by molar-refractivity contribution is -0.142. The number of carbonyl (C=O) groups is 1. The van der Waals surface area contributed by atoms with Gasteiger partial charge in [0.25, 0.3) is 0 Å². The van der Waals surface area contributed by atoms with E-state index < -0.39 is 0 Å². The Bertz CT molecular complexity index is 911. The first-order valence-electron chi connectivity index (χ1n) is 9.04. The maximum atomic E-state index is 11.9. The molecule has 0 radical (unpaired) electrons. The van der Waals surface area contributed by atoms with Crippen molar-refractivity contribution in [2.45, 2.75) is 39.5 Å². The average molecular weight is 415 g/mol. The van der Waals surface area contributed by atoms with E-state index in [1.54, 1.807) is 0 Å². The molecule has 0 saturated heterocycles. The van der Waals surface area contributed by atoms with Crippen molar-refractivity contribution in [3.63, 3.8) is 0 Å². The SMILES string of the molecule is CCOC(=O)Cc1ccccc1CCc1c(CC)oc2ccc(Br)cc12. The quantitative estimate of drug-likeness (QED) is 0.469. The predicted molar refractivity (Wildman–Crippen MR) is 107 cm³/mol. The highest BCUT2D eigenvalue weighted by Crippen LogP contribution is 2.30. The smallest absolute Gasteiger partial charge is 0.310 e. The molecule has 136 valence electrons. The average Bonchev–Trinajstić information content (AvgIpc) is 2.98. The minimum atomic E-state index is -0.174. The molecule has 0 fully saturated rings. The minimum Gasteiger partial charge on any atom is -0.466 e. The summed E-state index contributed by atoms with van der Waals surface area (Å²) in [6, 6.07) is 14.2. The van der Waals surface area contributed by atoms with Crippen LogP contribution in [0.2, 0.25) is 0 Å². The second-order valence-electron chi connectivity index (χ2n) is 6.25. The van der Waals surface area contributed by atoms with Crippen molar-refractivity contribution in [3.05, 3.63) is 69.4 Å². The summed E-state index contributed by atoms with van der Waals surface area (Å²) in [6.07, 6.45) is 2.94. The predicted octanol–water partition coefficient (Wildman–Crippen LogP) is 5.65. The number of esters is 1. The van der Waals surface area contributed by atoms with Gasteiger partial charge in [0.15, 0.2) is 0 Å². The Hall–Kier alpha value is -2.07. The van der Waals surface area contributed by atoms with Crippen molar-refractivity contribution in [1.29, 1.82) is 0 Å². The highest BCUT2D eigenvalue weighted by molar-refractivity contribution is 9.10. The highest BCUT2D eigenvalue weighted by atomic mass is 79.9. The van der Waals surface area contributed by atoms with Crippen molar-refractivity contribution in [2.75, 3.05) is 6.61 Å². The van der Waals surface area contributed by atoms with Gasteiger partial charge in [-0.2, -0.15) is 0 Å². The number of carbonyl (C=O) groups excluding carboxylic acids is 1. The summed E-state index contributed by atoms with van der Waals surface area (Å²) in [6.45, 7) is 4.36. The van der Waals surface area contributed by atoms with Crippen LogP contribution in [0.5, 0.6) is 0 Å². The van der Waals surface area contributed by atoms with Gasteiger partial charge in [-0.1, -0.05) is 47.1 Å². The van der Waals surface area contributed by atoms with Crippen LogP contribution in [-0.2, 0) is 35.2 Å². The summed E-state index contributed by atoms with van der Waals surface area (Å²) >= 11 is 3.55. The van der Waals surface area contributed by atoms with E-state index in [1.807, 2.05) is 37.3 Å². The minimum absolute atomic E-state index is 0.174. The Kier molecular flexibility index (Phi) is 6.15. The molecule has 3 nitrogen and oxygen atoms in total. The van der Waals surface area contributed by atoms with Gasteiger partial charge >= 0.3 is 5.97 Å². The Morgan fingerprint density at radius 2 is 1.85 bits per heavy atom. The van der Waals surface area contributed by atoms with E-state index >= 15 is 0 Å². The monoisotopic (exact) mass is 414 g/mol. The summed E-state index contributed by atoms with van der Waals surface area (Å²) < 4.78 is 12.2. The Morgan fingerprint density at radius 1 is 1.08 bits per heavy atom. The van der Waals surface area contributed by atoms with E-state index in [1.165, 1.54) is 16.5 Å². The number of hydrogen-bond acceptors (Lipinski definition) is 3. The Balaban J connectivity index is 1.85. The summed E-state index contributed by atoms with van der Waals surface area (Å²) in [5.74, 6) is 0.868. The molecule has 26 heavy (non-hydrogen) atoms. The largest absolute Gasteiger partial charge is 0.466 e. The van der Waals surface area contributed by atoms with Gasteiger partial charge in [-0.3, -0.25) is 4.79 Å². The number of benzene rings is 2. The first kappa shape index (κ1) is 18.7. The highest BCUT2D eigenvalue weighted by Gasteiger charge is 2.15. The molecule has 0 atom stereocenters. The molecule has 4 heteroatoms. The number of hydrogen-bond donors (Lipinski definition) is 0. The van der Waals surface area contributed by atoms with Crippen molar-refractivity contribution < 1.29 is 13.9 Å². The van der Waals surface area contributed by atoms with Crippen LogP contribution in [0.3, 0.4) is 0 Å². The zero-order chi connectivity index (χ0) is 18.5. The number of ether oxygens (including phenoxy) is 1. The molecule has 0 saturated carbocycles. The van der Waals surface area contributed by atoms with Crippen molar-refractivity contribution in [1.82, 2.24) is 0 Å². The molecule has 0 unspecified atom stereocenters. The standard InChI is InChI=1S/C22H23BrO3/c1-3-20-18(19-14-17(23)10-12-21(19)26-20)11-9-15-7-5-6-8-16(15)13-22(24)25-4-2/h5-8,10,12,14H,3-4,9,11,13H2,1-2H3. The topological polar surface area (TPSA) is 39.4 Å². The van der Waals surface area contributed by atoms with Gasteiger partial charge in [0.1, 0.15) is 11.3 Å². The molecule has 0 spiro atoms. The second kappa shape index (κ2) is 8.54. The lowest BCUT2D eigenvalue weighted by atomic mass is 9.96. The van der Waals surface area contributed by atoms with E-state index in [9.17, 15) is 4.79 Å². The van der Waals surface area contributed by atoms with Crippen LogP contribution in [0.25, 0.3) is 11.0 Å². The third-order valence-electron chi connectivity index (χ3n) is 4.56. The van der Waals surface area contributed by atoms with Crippen LogP contribution in [0.1, 0.15) is 36.3 Å². The van der Waals surface area contributed by atoms with E-state index in [2.05, 4.69) is 35.0 Å². The van der Waals surface area contributed by atoms with E-state index in [0.717, 1.165) is 40.6 Å². The van der Waals surface area contributed by atoms with Gasteiger partial charge in [-0.05, 0) is 49.1 Å². The fraction of sp³-hybridized carbons (Fsp3) is 0.318. The van der Waals surface area contributed by atoms with Crippen molar-refractivity contribution in [3.8, 4) is 0 Å². The molecule has 1 heterocycles. The molecule has 0 aliphatic rings. The van der Waals surface area contributed by atoms with Gasteiger partial charge in [0, 0.05) is 21.8 Å². The van der Waals surface area contributed by atoms with Crippen LogP contribution < -0.4 is 0 Å². The lowest BCUT2D eigenvalue weighted by Gasteiger charge is -2.09. The summed E-state index contributed by atoms with van der Waals surface area (Å²) in [5, 5.41) is 1.17. The second-order valence-corrected chi connectivity index (χ2v) is 7.16. The van der Waals surface area contributed by atoms with E-state index in [4.69, 9.17) is 9.15 Å². The molecule has 0 bridgehead atoms. The molecule has 2 aromatic carbocycles. The Morgan fingerprint density at radius 3 is 2.58 bits per heavy atom. The number of halogens is 1. The van der Waals surface area contributed by atoms with Crippen LogP contribution in [0.4, 0.5) is 0 Å². The Labute approximate surface area is 162 Å². The number of rotatable bonds is 7. The molecule has 0 amide bonds. The molecule has 0 N–H and O–H groups in total. The molecule has 1 aromatic heterocycles. The maximum absolute atomic E-state index is 11.9. The third kappa shape index (κ3) is 4.18. The normalized spacial score (nSPS) is 11.0.